The Labute approximate surface area is 89.3 Å². The van der Waals surface area contributed by atoms with Gasteiger partial charge in [-0.15, -0.1) is 0 Å². The van der Waals surface area contributed by atoms with Gasteiger partial charge in [-0.3, -0.25) is 9.79 Å². The van der Waals surface area contributed by atoms with Gasteiger partial charge in [0, 0.05) is 5.92 Å². The zero-order valence-electron chi connectivity index (χ0n) is 8.68. The number of nitrogens with one attached hydrogen (secondary N) is 1. The summed E-state index contributed by atoms with van der Waals surface area (Å²) in [6.07, 6.45) is 11.8. The van der Waals surface area contributed by atoms with E-state index in [9.17, 15) is 4.79 Å². The lowest BCUT2D eigenvalue weighted by atomic mass is 9.87. The van der Waals surface area contributed by atoms with E-state index in [1.165, 1.54) is 5.57 Å². The molecule has 0 aromatic rings. The molecule has 1 aliphatic heterocycles. The molecule has 0 saturated heterocycles. The molecule has 15 heavy (non-hydrogen) atoms. The molecule has 2 unspecified atom stereocenters. The van der Waals surface area contributed by atoms with Gasteiger partial charge < -0.3 is 5.32 Å². The van der Waals surface area contributed by atoms with Gasteiger partial charge in [0.2, 0.25) is 6.41 Å². The van der Waals surface area contributed by atoms with Crippen LogP contribution in [0.15, 0.2) is 40.9 Å². The maximum Gasteiger partial charge on any atom is 0.212 e. The second-order valence-corrected chi connectivity index (χ2v) is 3.80. The molecule has 1 aliphatic carbocycles. The first kappa shape index (κ1) is 9.90. The molecule has 1 N–H and O–H groups in total. The van der Waals surface area contributed by atoms with Gasteiger partial charge in [0.05, 0.1) is 6.04 Å². The highest BCUT2D eigenvalue weighted by Crippen LogP contribution is 2.26. The van der Waals surface area contributed by atoms with Crippen molar-refractivity contribution in [3.05, 3.63) is 36.0 Å². The molecule has 2 aliphatic rings. The van der Waals surface area contributed by atoms with Crippen molar-refractivity contribution in [1.82, 2.24) is 5.32 Å². The van der Waals surface area contributed by atoms with Crippen LogP contribution in [0.2, 0.25) is 0 Å². The SMILES string of the molecule is CC1C2=CC(NC=O)=NC1CC=CC=C2. The highest BCUT2D eigenvalue weighted by Gasteiger charge is 2.23. The molecule has 3 nitrogen and oxygen atoms in total. The molecule has 0 saturated carbocycles. The van der Waals surface area contributed by atoms with Crippen LogP contribution in [0.25, 0.3) is 0 Å². The van der Waals surface area contributed by atoms with Gasteiger partial charge in [-0.1, -0.05) is 31.2 Å². The van der Waals surface area contributed by atoms with Gasteiger partial charge in [-0.2, -0.15) is 0 Å². The summed E-state index contributed by atoms with van der Waals surface area (Å²) in [5.74, 6) is 1.09. The number of allylic oxidation sites excluding steroid dienone is 3. The molecule has 0 aromatic heterocycles. The van der Waals surface area contributed by atoms with Crippen molar-refractivity contribution in [3.8, 4) is 0 Å². The first-order chi connectivity index (χ1) is 7.31. The van der Waals surface area contributed by atoms with Crippen molar-refractivity contribution in [2.24, 2.45) is 10.9 Å². The number of hydrogen-bond acceptors (Lipinski definition) is 2. The van der Waals surface area contributed by atoms with Gasteiger partial charge >= 0.3 is 0 Å². The van der Waals surface area contributed by atoms with Crippen LogP contribution >= 0.6 is 0 Å². The number of rotatable bonds is 1. The van der Waals surface area contributed by atoms with Gasteiger partial charge in [0.15, 0.2) is 0 Å². The van der Waals surface area contributed by atoms with E-state index in [0.717, 1.165) is 6.42 Å². The fourth-order valence-electron chi connectivity index (χ4n) is 1.90. The largest absolute Gasteiger partial charge is 0.314 e. The van der Waals surface area contributed by atoms with Gasteiger partial charge in [-0.05, 0) is 18.1 Å². The maximum absolute atomic E-state index is 10.4. The zero-order valence-corrected chi connectivity index (χ0v) is 8.68. The lowest BCUT2D eigenvalue weighted by Crippen LogP contribution is -2.30. The van der Waals surface area contributed by atoms with Crippen molar-refractivity contribution in [2.75, 3.05) is 0 Å². The summed E-state index contributed by atoms with van der Waals surface area (Å²) in [5, 5.41) is 2.62. The Balaban J connectivity index is 2.33. The highest BCUT2D eigenvalue weighted by atomic mass is 16.1. The average Bonchev–Trinajstić information content (AvgIpc) is 2.23. The summed E-state index contributed by atoms with van der Waals surface area (Å²) in [7, 11) is 0. The van der Waals surface area contributed by atoms with E-state index in [1.54, 1.807) is 0 Å². The minimum absolute atomic E-state index is 0.244. The number of nitrogens with zero attached hydrogens (tertiary/aromatic N) is 1. The van der Waals surface area contributed by atoms with Crippen LogP contribution in [-0.2, 0) is 4.79 Å². The molecule has 1 heterocycles. The minimum atomic E-state index is 0.244. The van der Waals surface area contributed by atoms with Crippen molar-refractivity contribution in [3.63, 3.8) is 0 Å². The predicted octanol–water partition coefficient (Wildman–Crippen LogP) is 1.59. The number of carbonyl (C=O) groups excluding carboxylic acids is 1. The molecule has 0 spiro atoms. The third-order valence-corrected chi connectivity index (χ3v) is 2.83. The molecule has 1 amide bonds. The Morgan fingerprint density at radius 1 is 1.53 bits per heavy atom. The quantitative estimate of drug-likeness (QED) is 0.644. The van der Waals surface area contributed by atoms with Crippen LogP contribution in [0, 0.1) is 5.92 Å². The lowest BCUT2D eigenvalue weighted by molar-refractivity contribution is -0.108. The van der Waals surface area contributed by atoms with E-state index < -0.39 is 0 Å². The van der Waals surface area contributed by atoms with E-state index in [1.807, 2.05) is 18.2 Å². The topological polar surface area (TPSA) is 41.5 Å². The van der Waals surface area contributed by atoms with Crippen LogP contribution in [0.5, 0.6) is 0 Å². The third kappa shape index (κ3) is 2.06. The number of aliphatic imine (C=N–C) groups is 1. The monoisotopic (exact) mass is 202 g/mol. The van der Waals surface area contributed by atoms with E-state index in [2.05, 4.69) is 29.4 Å². The van der Waals surface area contributed by atoms with E-state index in [4.69, 9.17) is 0 Å². The van der Waals surface area contributed by atoms with Gasteiger partial charge in [0.25, 0.3) is 0 Å². The first-order valence-corrected chi connectivity index (χ1v) is 5.14. The van der Waals surface area contributed by atoms with Crippen molar-refractivity contribution < 1.29 is 4.79 Å². The predicted molar refractivity (Wildman–Crippen MR) is 60.6 cm³/mol. The molecule has 2 atom stereocenters. The average molecular weight is 202 g/mol. The fourth-order valence-corrected chi connectivity index (χ4v) is 1.90. The van der Waals surface area contributed by atoms with Crippen LogP contribution in [-0.4, -0.2) is 18.3 Å². The molecule has 0 aromatic carbocycles. The normalized spacial score (nSPS) is 28.6. The van der Waals surface area contributed by atoms with Crippen LogP contribution in [0.4, 0.5) is 0 Å². The van der Waals surface area contributed by atoms with E-state index >= 15 is 0 Å². The molecular weight excluding hydrogens is 188 g/mol. The summed E-state index contributed by atoms with van der Waals surface area (Å²) < 4.78 is 0. The number of fused-ring (bicyclic) bond motifs is 2. The van der Waals surface area contributed by atoms with Crippen LogP contribution in [0.3, 0.4) is 0 Å². The summed E-state index contributed by atoms with van der Waals surface area (Å²) in [4.78, 5) is 14.9. The Bertz CT molecular complexity index is 377. The summed E-state index contributed by atoms with van der Waals surface area (Å²) >= 11 is 0. The molecule has 0 radical (unpaired) electrons. The van der Waals surface area contributed by atoms with E-state index in [0.29, 0.717) is 18.2 Å². The van der Waals surface area contributed by atoms with Gasteiger partial charge in [-0.25, -0.2) is 0 Å². The number of dihydropyridines is 1. The smallest absolute Gasteiger partial charge is 0.212 e. The summed E-state index contributed by atoms with van der Waals surface area (Å²) in [5.41, 5.74) is 1.23. The van der Waals surface area contributed by atoms with Gasteiger partial charge in [0.1, 0.15) is 5.84 Å². The van der Waals surface area contributed by atoms with Crippen LogP contribution < -0.4 is 5.32 Å². The Kier molecular flexibility index (Phi) is 2.81. The fraction of sp³-hybridized carbons (Fsp3) is 0.333. The van der Waals surface area contributed by atoms with Crippen molar-refractivity contribution >= 4 is 12.2 Å². The summed E-state index contributed by atoms with van der Waals surface area (Å²) in [6, 6.07) is 0.244. The first-order valence-electron chi connectivity index (χ1n) is 5.14. The standard InChI is InChI=1S/C12H14N2O/c1-9-10-5-3-2-4-6-11(9)14-12(7-10)13-8-15/h2-5,7-9,11H,6H2,1H3,(H,13,14,15). The Morgan fingerprint density at radius 2 is 2.40 bits per heavy atom. The third-order valence-electron chi connectivity index (χ3n) is 2.83. The lowest BCUT2D eigenvalue weighted by Gasteiger charge is -2.26. The minimum Gasteiger partial charge on any atom is -0.314 e. The molecule has 0 fully saturated rings. The highest BCUT2D eigenvalue weighted by molar-refractivity contribution is 6.00. The van der Waals surface area contributed by atoms with Crippen LogP contribution in [0.1, 0.15) is 13.3 Å². The molecular formula is C12H14N2O. The van der Waals surface area contributed by atoms with Crippen molar-refractivity contribution in [1.29, 1.82) is 0 Å². The number of amides is 1. The molecule has 2 rings (SSSR count). The molecule has 3 heteroatoms. The number of amidine groups is 1. The Morgan fingerprint density at radius 3 is 3.20 bits per heavy atom. The molecule has 78 valence electrons. The van der Waals surface area contributed by atoms with Crippen molar-refractivity contribution in [2.45, 2.75) is 19.4 Å². The number of hydrogen-bond donors (Lipinski definition) is 1. The zero-order chi connectivity index (χ0) is 10.7. The van der Waals surface area contributed by atoms with E-state index in [-0.39, 0.29) is 6.04 Å². The maximum atomic E-state index is 10.4. The Hall–Kier alpha value is -1.64. The second kappa shape index (κ2) is 4.26. The number of carbonyl (C=O) groups is 1. The summed E-state index contributed by atoms with van der Waals surface area (Å²) in [6.45, 7) is 2.17. The second-order valence-electron chi connectivity index (χ2n) is 3.80. The molecule has 2 bridgehead atoms.